The molecule has 6 nitrogen and oxygen atoms in total. The summed E-state index contributed by atoms with van der Waals surface area (Å²) in [4.78, 5) is 9.60. The van der Waals surface area contributed by atoms with Crippen LogP contribution in [-0.2, 0) is 6.54 Å². The smallest absolute Gasteiger partial charge is 0.223 e. The van der Waals surface area contributed by atoms with Crippen molar-refractivity contribution in [3.8, 4) is 11.5 Å². The van der Waals surface area contributed by atoms with Crippen LogP contribution in [0.3, 0.4) is 0 Å². The van der Waals surface area contributed by atoms with E-state index in [9.17, 15) is 0 Å². The molecule has 2 aromatic heterocycles. The third kappa shape index (κ3) is 2.94. The Morgan fingerprint density at radius 1 is 1.14 bits per heavy atom. The summed E-state index contributed by atoms with van der Waals surface area (Å²) in [5, 5.41) is 12.5. The van der Waals surface area contributed by atoms with Crippen molar-refractivity contribution in [3.63, 3.8) is 0 Å². The van der Waals surface area contributed by atoms with Crippen molar-refractivity contribution in [3.05, 3.63) is 54.0 Å². The zero-order valence-corrected chi connectivity index (χ0v) is 12.0. The summed E-state index contributed by atoms with van der Waals surface area (Å²) in [5.74, 6) is 0.977. The van der Waals surface area contributed by atoms with E-state index < -0.39 is 0 Å². The Bertz CT molecular complexity index is 720. The topological polar surface area (TPSA) is 69.4 Å². The van der Waals surface area contributed by atoms with Gasteiger partial charge in [0.2, 0.25) is 5.82 Å². The first-order chi connectivity index (χ1) is 10.2. The van der Waals surface area contributed by atoms with Crippen LogP contribution in [0.2, 0.25) is 0 Å². The third-order valence-corrected chi connectivity index (χ3v) is 3.25. The summed E-state index contributed by atoms with van der Waals surface area (Å²) < 4.78 is 0. The molecule has 0 radical (unpaired) electrons. The van der Waals surface area contributed by atoms with Crippen molar-refractivity contribution < 1.29 is 0 Å². The van der Waals surface area contributed by atoms with Crippen molar-refractivity contribution >= 4 is 0 Å². The highest BCUT2D eigenvalue weighted by Crippen LogP contribution is 2.19. The van der Waals surface area contributed by atoms with E-state index in [1.165, 1.54) is 17.5 Å². The van der Waals surface area contributed by atoms with Gasteiger partial charge in [-0.2, -0.15) is 4.80 Å². The minimum atomic E-state index is 0.464. The summed E-state index contributed by atoms with van der Waals surface area (Å²) in [7, 11) is 0. The van der Waals surface area contributed by atoms with Crippen LogP contribution in [0.15, 0.2) is 42.9 Å². The number of nitrogens with zero attached hydrogens (tertiary/aromatic N) is 6. The Morgan fingerprint density at radius 3 is 2.76 bits per heavy atom. The van der Waals surface area contributed by atoms with Crippen LogP contribution in [0.5, 0.6) is 0 Å². The van der Waals surface area contributed by atoms with Gasteiger partial charge in [0.1, 0.15) is 12.0 Å². The van der Waals surface area contributed by atoms with Crippen LogP contribution >= 0.6 is 0 Å². The van der Waals surface area contributed by atoms with E-state index in [1.54, 1.807) is 17.1 Å². The highest BCUT2D eigenvalue weighted by molar-refractivity contribution is 5.45. The Morgan fingerprint density at radius 2 is 2.00 bits per heavy atom. The second kappa shape index (κ2) is 5.78. The molecule has 0 aliphatic heterocycles. The van der Waals surface area contributed by atoms with Crippen molar-refractivity contribution in [2.45, 2.75) is 26.3 Å². The van der Waals surface area contributed by atoms with E-state index in [-0.39, 0.29) is 0 Å². The van der Waals surface area contributed by atoms with E-state index in [4.69, 9.17) is 0 Å². The van der Waals surface area contributed by atoms with Crippen LogP contribution < -0.4 is 0 Å². The molecule has 21 heavy (non-hydrogen) atoms. The molecular formula is C15H16N6. The Labute approximate surface area is 122 Å². The zero-order valence-electron chi connectivity index (χ0n) is 12.0. The fraction of sp³-hybridized carbons (Fsp3) is 0.267. The molecule has 0 aliphatic rings. The highest BCUT2D eigenvalue weighted by atomic mass is 15.6. The van der Waals surface area contributed by atoms with Crippen LogP contribution in [0, 0.1) is 0 Å². The lowest BCUT2D eigenvalue weighted by Crippen LogP contribution is -2.07. The van der Waals surface area contributed by atoms with Crippen LogP contribution in [0.1, 0.15) is 30.9 Å². The molecule has 0 aliphatic carbocycles. The van der Waals surface area contributed by atoms with Gasteiger partial charge in [-0.25, -0.2) is 9.97 Å². The number of rotatable bonds is 4. The molecule has 0 unspecified atom stereocenters. The van der Waals surface area contributed by atoms with E-state index >= 15 is 0 Å². The lowest BCUT2D eigenvalue weighted by Gasteiger charge is -2.11. The summed E-state index contributed by atoms with van der Waals surface area (Å²) in [5.41, 5.74) is 3.19. The Hall–Kier alpha value is -2.63. The first-order valence-corrected chi connectivity index (χ1v) is 6.86. The van der Waals surface area contributed by atoms with Crippen LogP contribution in [-0.4, -0.2) is 30.2 Å². The molecule has 0 amide bonds. The van der Waals surface area contributed by atoms with Gasteiger partial charge in [-0.3, -0.25) is 0 Å². The van der Waals surface area contributed by atoms with E-state index in [2.05, 4.69) is 57.4 Å². The molecule has 106 valence electrons. The number of hydrogen-bond acceptors (Lipinski definition) is 5. The molecule has 3 aromatic rings. The fourth-order valence-electron chi connectivity index (χ4n) is 2.23. The minimum absolute atomic E-state index is 0.464. The average molecular weight is 280 g/mol. The second-order valence-electron chi connectivity index (χ2n) is 5.09. The van der Waals surface area contributed by atoms with Crippen molar-refractivity contribution in [2.24, 2.45) is 0 Å². The first kappa shape index (κ1) is 13.4. The number of hydrogen-bond donors (Lipinski definition) is 0. The molecule has 0 fully saturated rings. The van der Waals surface area contributed by atoms with Gasteiger partial charge in [-0.05, 0) is 28.3 Å². The molecule has 1 aromatic carbocycles. The van der Waals surface area contributed by atoms with E-state index in [0.717, 1.165) is 0 Å². The largest absolute Gasteiger partial charge is 0.245 e. The second-order valence-corrected chi connectivity index (χ2v) is 5.09. The molecule has 0 bridgehead atoms. The summed E-state index contributed by atoms with van der Waals surface area (Å²) >= 11 is 0. The standard InChI is InChI=1S/C15H16N6/c1-11(2)13-6-4-3-5-12(13)9-21-19-15(18-20-21)14-7-8-16-10-17-14/h3-8,10-11H,9H2,1-2H3. The molecule has 0 atom stereocenters. The van der Waals surface area contributed by atoms with Gasteiger partial charge in [-0.15, -0.1) is 10.2 Å². The van der Waals surface area contributed by atoms with Gasteiger partial charge >= 0.3 is 0 Å². The summed E-state index contributed by atoms with van der Waals surface area (Å²) in [6, 6.07) is 10.1. The molecule has 6 heteroatoms. The van der Waals surface area contributed by atoms with Crippen LogP contribution in [0.25, 0.3) is 11.5 Å². The normalized spacial score (nSPS) is 11.0. The molecule has 3 rings (SSSR count). The predicted molar refractivity (Wildman–Crippen MR) is 78.5 cm³/mol. The highest BCUT2D eigenvalue weighted by Gasteiger charge is 2.10. The predicted octanol–water partition coefficient (Wildman–Crippen LogP) is 2.30. The maximum atomic E-state index is 4.38. The molecule has 0 spiro atoms. The molecule has 2 heterocycles. The van der Waals surface area contributed by atoms with Crippen molar-refractivity contribution in [1.29, 1.82) is 0 Å². The SMILES string of the molecule is CC(C)c1ccccc1Cn1nnc(-c2ccncn2)n1. The molecule has 0 saturated heterocycles. The molecule has 0 saturated carbocycles. The van der Waals surface area contributed by atoms with E-state index in [0.29, 0.717) is 24.0 Å². The molecular weight excluding hydrogens is 264 g/mol. The maximum Gasteiger partial charge on any atom is 0.223 e. The monoisotopic (exact) mass is 280 g/mol. The number of benzene rings is 1. The zero-order chi connectivity index (χ0) is 14.7. The molecule has 0 N–H and O–H groups in total. The number of tetrazole rings is 1. The Kier molecular flexibility index (Phi) is 3.68. The van der Waals surface area contributed by atoms with Gasteiger partial charge in [0.15, 0.2) is 0 Å². The summed E-state index contributed by atoms with van der Waals surface area (Å²) in [6.07, 6.45) is 3.14. The summed E-state index contributed by atoms with van der Waals surface area (Å²) in [6.45, 7) is 4.96. The lowest BCUT2D eigenvalue weighted by atomic mass is 9.97. The fourth-order valence-corrected chi connectivity index (χ4v) is 2.23. The first-order valence-electron chi connectivity index (χ1n) is 6.86. The minimum Gasteiger partial charge on any atom is -0.245 e. The van der Waals surface area contributed by atoms with Gasteiger partial charge < -0.3 is 0 Å². The van der Waals surface area contributed by atoms with Crippen molar-refractivity contribution in [1.82, 2.24) is 30.2 Å². The quantitative estimate of drug-likeness (QED) is 0.733. The van der Waals surface area contributed by atoms with Gasteiger partial charge in [0.05, 0.1) is 6.54 Å². The lowest BCUT2D eigenvalue weighted by molar-refractivity contribution is 0.568. The van der Waals surface area contributed by atoms with Gasteiger partial charge in [0.25, 0.3) is 0 Å². The Balaban J connectivity index is 1.86. The van der Waals surface area contributed by atoms with Crippen molar-refractivity contribution in [2.75, 3.05) is 0 Å². The third-order valence-electron chi connectivity index (χ3n) is 3.25. The maximum absolute atomic E-state index is 4.38. The number of aromatic nitrogens is 6. The van der Waals surface area contributed by atoms with Crippen LogP contribution in [0.4, 0.5) is 0 Å². The van der Waals surface area contributed by atoms with Gasteiger partial charge in [-0.1, -0.05) is 38.1 Å². The van der Waals surface area contributed by atoms with E-state index in [1.807, 2.05) is 6.07 Å². The average Bonchev–Trinajstić information content (AvgIpc) is 2.97. The van der Waals surface area contributed by atoms with Gasteiger partial charge in [0, 0.05) is 6.20 Å².